The summed E-state index contributed by atoms with van der Waals surface area (Å²) in [7, 11) is 1.38. The van der Waals surface area contributed by atoms with Gasteiger partial charge in [0.1, 0.15) is 17.5 Å². The van der Waals surface area contributed by atoms with Crippen LogP contribution >= 0.6 is 0 Å². The number of nitrogens with zero attached hydrogens (tertiary/aromatic N) is 1. The first-order chi connectivity index (χ1) is 11.3. The lowest BCUT2D eigenvalue weighted by molar-refractivity contribution is -0.384. The van der Waals surface area contributed by atoms with Gasteiger partial charge in [-0.25, -0.2) is 0 Å². The van der Waals surface area contributed by atoms with Gasteiger partial charge in [-0.1, -0.05) is 20.3 Å². The van der Waals surface area contributed by atoms with Crippen LogP contribution in [0.25, 0.3) is 0 Å². The molecule has 1 aromatic rings. The molecule has 3 N–H and O–H groups in total. The van der Waals surface area contributed by atoms with Crippen LogP contribution in [0.4, 0.5) is 11.4 Å². The molecule has 0 unspecified atom stereocenters. The molecule has 0 heterocycles. The SMILES string of the molecule is CC[C@H](C)[C@H](NCC(=O)Nc1ccc(OC)cc1[N+](=O)[O-])C(=O)O. The van der Waals surface area contributed by atoms with Gasteiger partial charge in [0.15, 0.2) is 0 Å². The van der Waals surface area contributed by atoms with Crippen LogP contribution in [0.3, 0.4) is 0 Å². The highest BCUT2D eigenvalue weighted by atomic mass is 16.6. The first kappa shape index (κ1) is 19.4. The highest BCUT2D eigenvalue weighted by molar-refractivity contribution is 5.94. The number of benzene rings is 1. The second-order valence-corrected chi connectivity index (χ2v) is 5.27. The number of carboxylic acid groups (broad SMARTS) is 1. The number of amides is 1. The molecule has 0 aliphatic heterocycles. The Morgan fingerprint density at radius 3 is 2.58 bits per heavy atom. The van der Waals surface area contributed by atoms with E-state index in [1.165, 1.54) is 25.3 Å². The Balaban J connectivity index is 2.78. The molecule has 132 valence electrons. The number of carboxylic acids is 1. The Labute approximate surface area is 139 Å². The van der Waals surface area contributed by atoms with Crippen molar-refractivity contribution in [3.63, 3.8) is 0 Å². The minimum absolute atomic E-state index is 0.0167. The molecule has 0 saturated heterocycles. The van der Waals surface area contributed by atoms with Crippen molar-refractivity contribution in [2.75, 3.05) is 19.0 Å². The number of carbonyl (C=O) groups is 2. The zero-order valence-corrected chi connectivity index (χ0v) is 13.7. The topological polar surface area (TPSA) is 131 Å². The fraction of sp³-hybridized carbons (Fsp3) is 0.467. The summed E-state index contributed by atoms with van der Waals surface area (Å²) in [4.78, 5) is 33.6. The van der Waals surface area contributed by atoms with E-state index in [1.807, 2.05) is 6.92 Å². The van der Waals surface area contributed by atoms with Gasteiger partial charge >= 0.3 is 5.97 Å². The Hall–Kier alpha value is -2.68. The van der Waals surface area contributed by atoms with Crippen LogP contribution < -0.4 is 15.4 Å². The van der Waals surface area contributed by atoms with Gasteiger partial charge in [0, 0.05) is 0 Å². The van der Waals surface area contributed by atoms with E-state index in [0.717, 1.165) is 0 Å². The maximum Gasteiger partial charge on any atom is 0.320 e. The van der Waals surface area contributed by atoms with Crippen molar-refractivity contribution in [1.82, 2.24) is 5.32 Å². The van der Waals surface area contributed by atoms with Crippen LogP contribution in [0.5, 0.6) is 5.75 Å². The van der Waals surface area contributed by atoms with Crippen molar-refractivity contribution in [3.8, 4) is 5.75 Å². The van der Waals surface area contributed by atoms with Crippen LogP contribution in [0.15, 0.2) is 18.2 Å². The zero-order valence-electron chi connectivity index (χ0n) is 13.7. The van der Waals surface area contributed by atoms with Gasteiger partial charge in [-0.3, -0.25) is 25.0 Å². The fourth-order valence-electron chi connectivity index (χ4n) is 2.06. The molecule has 0 fully saturated rings. The minimum Gasteiger partial charge on any atom is -0.496 e. The van der Waals surface area contributed by atoms with Gasteiger partial charge in [-0.2, -0.15) is 0 Å². The monoisotopic (exact) mass is 339 g/mol. The Kier molecular flexibility index (Phi) is 7.12. The predicted molar refractivity (Wildman–Crippen MR) is 87.2 cm³/mol. The van der Waals surface area contributed by atoms with E-state index in [-0.39, 0.29) is 23.8 Å². The maximum absolute atomic E-state index is 12.0. The lowest BCUT2D eigenvalue weighted by Gasteiger charge is -2.19. The second-order valence-electron chi connectivity index (χ2n) is 5.27. The quantitative estimate of drug-likeness (QED) is 0.460. The van der Waals surface area contributed by atoms with Crippen molar-refractivity contribution in [2.45, 2.75) is 26.3 Å². The lowest BCUT2D eigenvalue weighted by Crippen LogP contribution is -2.45. The fourth-order valence-corrected chi connectivity index (χ4v) is 2.06. The molecule has 0 saturated carbocycles. The van der Waals surface area contributed by atoms with Crippen LogP contribution in [0, 0.1) is 16.0 Å². The first-order valence-corrected chi connectivity index (χ1v) is 7.38. The highest BCUT2D eigenvalue weighted by Gasteiger charge is 2.24. The Bertz CT molecular complexity index is 619. The van der Waals surface area contributed by atoms with Crippen LogP contribution in [0.2, 0.25) is 0 Å². The summed E-state index contributed by atoms with van der Waals surface area (Å²) in [5, 5.41) is 25.3. The standard InChI is InChI=1S/C15H21N3O6/c1-4-9(2)14(15(20)21)16-8-13(19)17-11-6-5-10(24-3)7-12(11)18(22)23/h5-7,9,14,16H,4,8H2,1-3H3,(H,17,19)(H,20,21)/t9-,14-/m0/s1. The highest BCUT2D eigenvalue weighted by Crippen LogP contribution is 2.28. The average molecular weight is 339 g/mol. The first-order valence-electron chi connectivity index (χ1n) is 7.38. The van der Waals surface area contributed by atoms with E-state index in [0.29, 0.717) is 12.2 Å². The van der Waals surface area contributed by atoms with Gasteiger partial charge in [-0.05, 0) is 18.1 Å². The molecule has 0 bridgehead atoms. The van der Waals surface area contributed by atoms with E-state index in [9.17, 15) is 19.7 Å². The molecule has 1 amide bonds. The number of carbonyl (C=O) groups excluding carboxylic acids is 1. The number of aliphatic carboxylic acids is 1. The summed E-state index contributed by atoms with van der Waals surface area (Å²) in [5.74, 6) is -1.49. The zero-order chi connectivity index (χ0) is 18.3. The molecule has 9 heteroatoms. The summed E-state index contributed by atoms with van der Waals surface area (Å²) in [5.41, 5.74) is -0.289. The predicted octanol–water partition coefficient (Wildman–Crippen LogP) is 1.63. The van der Waals surface area contributed by atoms with Crippen molar-refractivity contribution < 1.29 is 24.4 Å². The third kappa shape index (κ3) is 5.20. The number of nitrogens with one attached hydrogen (secondary N) is 2. The second kappa shape index (κ2) is 8.82. The molecule has 9 nitrogen and oxygen atoms in total. The summed E-state index contributed by atoms with van der Waals surface area (Å²) in [6.45, 7) is 3.34. The summed E-state index contributed by atoms with van der Waals surface area (Å²) < 4.78 is 4.91. The number of nitro benzene ring substituents is 1. The molecule has 24 heavy (non-hydrogen) atoms. The minimum atomic E-state index is -1.05. The molecule has 0 aliphatic rings. The molecule has 1 rings (SSSR count). The lowest BCUT2D eigenvalue weighted by atomic mass is 9.99. The molecule has 0 aliphatic carbocycles. The van der Waals surface area contributed by atoms with Gasteiger partial charge < -0.3 is 15.2 Å². The molecule has 1 aromatic carbocycles. The number of methoxy groups -OCH3 is 1. The van der Waals surface area contributed by atoms with Crippen molar-refractivity contribution in [3.05, 3.63) is 28.3 Å². The molecular weight excluding hydrogens is 318 g/mol. The number of rotatable bonds is 9. The van der Waals surface area contributed by atoms with Crippen LogP contribution in [-0.2, 0) is 9.59 Å². The third-order valence-corrected chi connectivity index (χ3v) is 3.64. The number of hydrogen-bond donors (Lipinski definition) is 3. The van der Waals surface area contributed by atoms with Gasteiger partial charge in [0.2, 0.25) is 5.91 Å². The van der Waals surface area contributed by atoms with E-state index in [4.69, 9.17) is 9.84 Å². The maximum atomic E-state index is 12.0. The summed E-state index contributed by atoms with van der Waals surface area (Å²) in [6, 6.07) is 3.17. The Morgan fingerprint density at radius 2 is 2.08 bits per heavy atom. The number of hydrogen-bond acceptors (Lipinski definition) is 6. The molecule has 2 atom stereocenters. The summed E-state index contributed by atoms with van der Waals surface area (Å²) >= 11 is 0. The van der Waals surface area contributed by atoms with Crippen LogP contribution in [0.1, 0.15) is 20.3 Å². The average Bonchev–Trinajstić information content (AvgIpc) is 2.54. The van der Waals surface area contributed by atoms with Gasteiger partial charge in [0.25, 0.3) is 5.69 Å². The largest absolute Gasteiger partial charge is 0.496 e. The molecular formula is C15H21N3O6. The van der Waals surface area contributed by atoms with Gasteiger partial charge in [0.05, 0.1) is 24.6 Å². The third-order valence-electron chi connectivity index (χ3n) is 3.64. The smallest absolute Gasteiger partial charge is 0.320 e. The van der Waals surface area contributed by atoms with E-state index >= 15 is 0 Å². The van der Waals surface area contributed by atoms with Gasteiger partial charge in [-0.15, -0.1) is 0 Å². The van der Waals surface area contributed by atoms with E-state index in [2.05, 4.69) is 10.6 Å². The van der Waals surface area contributed by atoms with Crippen molar-refractivity contribution in [2.24, 2.45) is 5.92 Å². The number of ether oxygens (including phenoxy) is 1. The Morgan fingerprint density at radius 1 is 1.42 bits per heavy atom. The number of anilines is 1. The normalized spacial score (nSPS) is 13.0. The molecule has 0 aromatic heterocycles. The van der Waals surface area contributed by atoms with E-state index in [1.54, 1.807) is 6.92 Å². The van der Waals surface area contributed by atoms with Crippen molar-refractivity contribution >= 4 is 23.3 Å². The van der Waals surface area contributed by atoms with Crippen LogP contribution in [-0.4, -0.2) is 41.6 Å². The van der Waals surface area contributed by atoms with E-state index < -0.39 is 22.8 Å². The molecule has 0 radical (unpaired) electrons. The molecule has 0 spiro atoms. The number of nitro groups is 1. The summed E-state index contributed by atoms with van der Waals surface area (Å²) in [6.07, 6.45) is 0.634. The van der Waals surface area contributed by atoms with Crippen molar-refractivity contribution in [1.29, 1.82) is 0 Å².